The predicted octanol–water partition coefficient (Wildman–Crippen LogP) is 7.01. The molecular weight excluding hydrogens is 370 g/mol. The van der Waals surface area contributed by atoms with Crippen LogP contribution in [0.1, 0.15) is 68.9 Å². The number of nitriles is 1. The third-order valence-corrected chi connectivity index (χ3v) is 6.95. The van der Waals surface area contributed by atoms with Crippen LogP contribution in [0.3, 0.4) is 0 Å². The van der Waals surface area contributed by atoms with Crippen LogP contribution in [0.2, 0.25) is 0 Å². The molecule has 1 aromatic rings. The lowest BCUT2D eigenvalue weighted by Gasteiger charge is -2.37. The predicted molar refractivity (Wildman–Crippen MR) is 108 cm³/mol. The van der Waals surface area contributed by atoms with Crippen LogP contribution in [0.5, 0.6) is 0 Å². The van der Waals surface area contributed by atoms with Gasteiger partial charge in [0.15, 0.2) is 0 Å². The van der Waals surface area contributed by atoms with Crippen LogP contribution in [-0.4, -0.2) is 0 Å². The molecule has 0 heterocycles. The van der Waals surface area contributed by atoms with Gasteiger partial charge in [-0.2, -0.15) is 5.26 Å². The quantitative estimate of drug-likeness (QED) is 0.521. The van der Waals surface area contributed by atoms with Gasteiger partial charge >= 0.3 is 0 Å². The van der Waals surface area contributed by atoms with Crippen molar-refractivity contribution in [2.75, 3.05) is 0 Å². The van der Waals surface area contributed by atoms with E-state index in [4.69, 9.17) is 5.26 Å². The fourth-order valence-corrected chi connectivity index (χ4v) is 5.41. The van der Waals surface area contributed by atoms with E-state index in [0.717, 1.165) is 29.2 Å². The minimum Gasteiger partial charge on any atom is -0.192 e. The Balaban J connectivity index is 1.38. The van der Waals surface area contributed by atoms with Gasteiger partial charge < -0.3 is 0 Å². The Morgan fingerprint density at radius 1 is 0.920 bits per heavy atom. The number of allylic oxidation sites excluding steroid dienone is 1. The van der Waals surface area contributed by atoms with Gasteiger partial charge in [-0.05, 0) is 97.7 Å². The number of aryl methyl sites for hydroxylation is 1. The summed E-state index contributed by atoms with van der Waals surface area (Å²) >= 11 is 3.43. The molecule has 1 aromatic carbocycles. The lowest BCUT2D eigenvalue weighted by molar-refractivity contribution is 0.153. The first-order valence-corrected chi connectivity index (χ1v) is 11.0. The molecule has 0 bridgehead atoms. The minimum atomic E-state index is 0.769. The molecule has 2 aliphatic rings. The smallest absolute Gasteiger partial charge is 0.0991 e. The van der Waals surface area contributed by atoms with Crippen molar-refractivity contribution in [1.29, 1.82) is 5.26 Å². The fourth-order valence-electron chi connectivity index (χ4n) is 4.98. The first-order chi connectivity index (χ1) is 12.3. The SMILES string of the molecule is N#Cc1ccc(CCC2CCC(C3CCC(C=CBr)CC3)CC2)cc1. The van der Waals surface area contributed by atoms with E-state index in [-0.39, 0.29) is 0 Å². The Labute approximate surface area is 161 Å². The maximum absolute atomic E-state index is 8.88. The molecule has 0 aromatic heterocycles. The highest BCUT2D eigenvalue weighted by Crippen LogP contribution is 2.42. The van der Waals surface area contributed by atoms with Crippen LogP contribution in [0, 0.1) is 35.0 Å². The molecule has 0 aliphatic heterocycles. The van der Waals surface area contributed by atoms with Crippen LogP contribution in [0.25, 0.3) is 0 Å². The van der Waals surface area contributed by atoms with Gasteiger partial charge in [0.1, 0.15) is 0 Å². The fraction of sp³-hybridized carbons (Fsp3) is 0.609. The maximum atomic E-state index is 8.88. The zero-order valence-electron chi connectivity index (χ0n) is 15.2. The molecule has 2 aliphatic carbocycles. The van der Waals surface area contributed by atoms with E-state index < -0.39 is 0 Å². The molecule has 0 atom stereocenters. The number of halogens is 1. The zero-order chi connectivity index (χ0) is 17.5. The van der Waals surface area contributed by atoms with Crippen LogP contribution in [-0.2, 0) is 6.42 Å². The van der Waals surface area contributed by atoms with Gasteiger partial charge in [-0.15, -0.1) is 0 Å². The molecule has 25 heavy (non-hydrogen) atoms. The van der Waals surface area contributed by atoms with Crippen molar-refractivity contribution in [3.05, 3.63) is 46.5 Å². The first-order valence-electron chi connectivity index (χ1n) is 10.0. The molecule has 1 nitrogen and oxygen atoms in total. The summed E-state index contributed by atoms with van der Waals surface area (Å²) in [4.78, 5) is 2.05. The molecule has 0 radical (unpaired) electrons. The van der Waals surface area contributed by atoms with Crippen molar-refractivity contribution in [3.63, 3.8) is 0 Å². The molecule has 3 rings (SSSR count). The molecule has 0 saturated heterocycles. The van der Waals surface area contributed by atoms with Gasteiger partial charge in [0, 0.05) is 0 Å². The second-order valence-corrected chi connectivity index (χ2v) is 8.65. The number of hydrogen-bond donors (Lipinski definition) is 0. The summed E-state index contributed by atoms with van der Waals surface area (Å²) in [7, 11) is 0. The van der Waals surface area contributed by atoms with E-state index >= 15 is 0 Å². The van der Waals surface area contributed by atoms with E-state index in [1.54, 1.807) is 0 Å². The summed E-state index contributed by atoms with van der Waals surface area (Å²) in [5.74, 6) is 3.73. The molecular formula is C23H30BrN. The molecule has 0 spiro atoms. The molecule has 134 valence electrons. The summed E-state index contributed by atoms with van der Waals surface area (Å²) in [6.45, 7) is 0. The Kier molecular flexibility index (Phi) is 7.17. The standard InChI is InChI=1S/C23H30BrN/c24-16-15-20-9-13-23(14-10-20)22-11-7-19(8-12-22)2-1-18-3-5-21(17-25)6-4-18/h3-6,15-16,19-20,22-23H,1-2,7-14H2. The first kappa shape index (κ1) is 18.7. The number of rotatable bonds is 5. The molecule has 0 N–H and O–H groups in total. The lowest BCUT2D eigenvalue weighted by Crippen LogP contribution is -2.25. The van der Waals surface area contributed by atoms with E-state index in [2.05, 4.69) is 45.2 Å². The molecule has 2 fully saturated rings. The molecule has 0 amide bonds. The van der Waals surface area contributed by atoms with Gasteiger partial charge in [-0.25, -0.2) is 0 Å². The second-order valence-electron chi connectivity index (χ2n) is 8.12. The maximum Gasteiger partial charge on any atom is 0.0991 e. The highest BCUT2D eigenvalue weighted by atomic mass is 79.9. The molecule has 2 saturated carbocycles. The number of hydrogen-bond acceptors (Lipinski definition) is 1. The highest BCUT2D eigenvalue weighted by molar-refractivity contribution is 9.11. The minimum absolute atomic E-state index is 0.769. The molecule has 2 heteroatoms. The van der Waals surface area contributed by atoms with E-state index in [0.29, 0.717) is 0 Å². The van der Waals surface area contributed by atoms with Crippen molar-refractivity contribution in [1.82, 2.24) is 0 Å². The lowest BCUT2D eigenvalue weighted by atomic mass is 9.68. The largest absolute Gasteiger partial charge is 0.192 e. The van der Waals surface area contributed by atoms with E-state index in [1.807, 2.05) is 12.1 Å². The Bertz CT molecular complexity index is 582. The Morgan fingerprint density at radius 3 is 2.08 bits per heavy atom. The average Bonchev–Trinajstić information content (AvgIpc) is 2.68. The van der Waals surface area contributed by atoms with Gasteiger partial charge in [0.25, 0.3) is 0 Å². The van der Waals surface area contributed by atoms with Crippen LogP contribution in [0.4, 0.5) is 0 Å². The number of nitrogens with zero attached hydrogens (tertiary/aromatic N) is 1. The van der Waals surface area contributed by atoms with Gasteiger partial charge in [-0.1, -0.05) is 47.0 Å². The van der Waals surface area contributed by atoms with Gasteiger partial charge in [0.05, 0.1) is 11.6 Å². The van der Waals surface area contributed by atoms with Crippen molar-refractivity contribution < 1.29 is 0 Å². The Morgan fingerprint density at radius 2 is 1.52 bits per heavy atom. The normalized spacial score (nSPS) is 30.2. The van der Waals surface area contributed by atoms with Gasteiger partial charge in [0.2, 0.25) is 0 Å². The third-order valence-electron chi connectivity index (χ3n) is 6.64. The van der Waals surface area contributed by atoms with Crippen molar-refractivity contribution >= 4 is 15.9 Å². The zero-order valence-corrected chi connectivity index (χ0v) is 16.8. The highest BCUT2D eigenvalue weighted by Gasteiger charge is 2.30. The topological polar surface area (TPSA) is 23.8 Å². The summed E-state index contributed by atoms with van der Waals surface area (Å²) in [6.07, 6.45) is 16.3. The number of benzene rings is 1. The monoisotopic (exact) mass is 399 g/mol. The summed E-state index contributed by atoms with van der Waals surface area (Å²) in [5.41, 5.74) is 2.16. The average molecular weight is 400 g/mol. The van der Waals surface area contributed by atoms with Crippen molar-refractivity contribution in [3.8, 4) is 6.07 Å². The third kappa shape index (κ3) is 5.45. The molecule has 0 unspecified atom stereocenters. The van der Waals surface area contributed by atoms with Crippen molar-refractivity contribution in [2.45, 2.75) is 64.2 Å². The van der Waals surface area contributed by atoms with Crippen molar-refractivity contribution in [2.24, 2.45) is 23.7 Å². The van der Waals surface area contributed by atoms with Crippen LogP contribution < -0.4 is 0 Å². The van der Waals surface area contributed by atoms with E-state index in [9.17, 15) is 0 Å². The summed E-state index contributed by atoms with van der Waals surface area (Å²) in [6, 6.07) is 10.4. The van der Waals surface area contributed by atoms with Crippen LogP contribution in [0.15, 0.2) is 35.3 Å². The van der Waals surface area contributed by atoms with E-state index in [1.165, 1.54) is 69.8 Å². The van der Waals surface area contributed by atoms with Gasteiger partial charge in [-0.3, -0.25) is 0 Å². The Hall–Kier alpha value is -1.07. The summed E-state index contributed by atoms with van der Waals surface area (Å²) in [5, 5.41) is 8.88. The second kappa shape index (κ2) is 9.58. The van der Waals surface area contributed by atoms with Crippen LogP contribution >= 0.6 is 15.9 Å². The summed E-state index contributed by atoms with van der Waals surface area (Å²) < 4.78 is 0.